The molecule has 7 heteroatoms. The molecule has 0 spiro atoms. The van der Waals surface area contributed by atoms with Crippen molar-refractivity contribution >= 4 is 11.9 Å². The van der Waals surface area contributed by atoms with Gasteiger partial charge in [0.25, 0.3) is 0 Å². The van der Waals surface area contributed by atoms with Crippen molar-refractivity contribution in [3.8, 4) is 0 Å². The zero-order chi connectivity index (χ0) is 18.4. The third kappa shape index (κ3) is 5.22. The summed E-state index contributed by atoms with van der Waals surface area (Å²) in [5.41, 5.74) is 0.975. The molecule has 2 aliphatic rings. The summed E-state index contributed by atoms with van der Waals surface area (Å²) in [6.07, 6.45) is 12.0. The lowest BCUT2D eigenvalue weighted by atomic mass is 10.2. The van der Waals surface area contributed by atoms with Crippen LogP contribution in [0.3, 0.4) is 0 Å². The molecule has 0 bridgehead atoms. The Morgan fingerprint density at radius 1 is 1.23 bits per heavy atom. The minimum atomic E-state index is 0.0384. The number of nitrogens with one attached hydrogen (secondary N) is 2. The lowest BCUT2D eigenvalue weighted by Crippen LogP contribution is -2.46. The second-order valence-electron chi connectivity index (χ2n) is 7.66. The summed E-state index contributed by atoms with van der Waals surface area (Å²) in [6, 6.07) is 3.06. The molecule has 2 aliphatic carbocycles. The number of likely N-dealkylation sites (N-methyl/N-ethyl adjacent to an activating group) is 1. The molecule has 1 aromatic heterocycles. The van der Waals surface area contributed by atoms with Crippen LogP contribution in [0.5, 0.6) is 0 Å². The van der Waals surface area contributed by atoms with Gasteiger partial charge in [-0.3, -0.25) is 9.48 Å². The molecule has 0 radical (unpaired) electrons. The number of aliphatic imine (C=N–C) groups is 1. The van der Waals surface area contributed by atoms with Crippen molar-refractivity contribution in [2.45, 2.75) is 70.0 Å². The first-order valence-electron chi connectivity index (χ1n) is 9.91. The van der Waals surface area contributed by atoms with Crippen molar-refractivity contribution < 1.29 is 4.79 Å². The van der Waals surface area contributed by atoms with Crippen molar-refractivity contribution in [3.63, 3.8) is 0 Å². The van der Waals surface area contributed by atoms with Crippen LogP contribution in [0, 0.1) is 0 Å². The van der Waals surface area contributed by atoms with Gasteiger partial charge in [-0.15, -0.1) is 0 Å². The van der Waals surface area contributed by atoms with E-state index in [2.05, 4.69) is 32.6 Å². The highest BCUT2D eigenvalue weighted by Gasteiger charge is 2.18. The second kappa shape index (κ2) is 9.05. The third-order valence-corrected chi connectivity index (χ3v) is 5.36. The monoisotopic (exact) mass is 360 g/mol. The molecule has 7 nitrogen and oxygen atoms in total. The number of guanidine groups is 1. The molecular weight excluding hydrogens is 328 g/mol. The van der Waals surface area contributed by atoms with E-state index in [1.54, 1.807) is 19.0 Å². The summed E-state index contributed by atoms with van der Waals surface area (Å²) in [7, 11) is 3.53. The molecule has 0 unspecified atom stereocenters. The molecule has 1 heterocycles. The molecule has 144 valence electrons. The molecule has 0 saturated heterocycles. The quantitative estimate of drug-likeness (QED) is 0.602. The second-order valence-corrected chi connectivity index (χ2v) is 7.66. The molecule has 0 atom stereocenters. The van der Waals surface area contributed by atoms with Gasteiger partial charge in [0, 0.05) is 26.3 Å². The highest BCUT2D eigenvalue weighted by molar-refractivity contribution is 5.86. The normalized spacial score (nSPS) is 19.1. The van der Waals surface area contributed by atoms with E-state index in [-0.39, 0.29) is 12.5 Å². The van der Waals surface area contributed by atoms with Gasteiger partial charge in [-0.05, 0) is 31.7 Å². The molecule has 1 aromatic rings. The van der Waals surface area contributed by atoms with Crippen molar-refractivity contribution in [2.24, 2.45) is 4.99 Å². The highest BCUT2D eigenvalue weighted by atomic mass is 16.2. The molecule has 1 amide bonds. The van der Waals surface area contributed by atoms with Crippen molar-refractivity contribution in [1.82, 2.24) is 25.3 Å². The molecule has 2 saturated carbocycles. The number of hydrogen-bond acceptors (Lipinski definition) is 3. The Bertz CT molecular complexity index is 611. The van der Waals surface area contributed by atoms with E-state index < -0.39 is 0 Å². The van der Waals surface area contributed by atoms with E-state index >= 15 is 0 Å². The first-order valence-corrected chi connectivity index (χ1v) is 9.91. The average molecular weight is 361 g/mol. The summed E-state index contributed by atoms with van der Waals surface area (Å²) in [4.78, 5) is 18.1. The number of hydrogen-bond donors (Lipinski definition) is 2. The van der Waals surface area contributed by atoms with Gasteiger partial charge in [-0.2, -0.15) is 5.10 Å². The van der Waals surface area contributed by atoms with E-state index in [1.807, 2.05) is 0 Å². The fourth-order valence-corrected chi connectivity index (χ4v) is 3.73. The minimum absolute atomic E-state index is 0.0384. The fraction of sp³-hybridized carbons (Fsp3) is 0.737. The van der Waals surface area contributed by atoms with Crippen LogP contribution in [0.25, 0.3) is 0 Å². The van der Waals surface area contributed by atoms with Crippen molar-refractivity contribution in [1.29, 1.82) is 0 Å². The summed E-state index contributed by atoms with van der Waals surface area (Å²) in [5.74, 6) is 0.749. The Morgan fingerprint density at radius 2 is 1.92 bits per heavy atom. The molecule has 26 heavy (non-hydrogen) atoms. The number of rotatable bonds is 6. The average Bonchev–Trinajstić information content (AvgIpc) is 3.38. The molecular formula is C19H32N6O. The van der Waals surface area contributed by atoms with Crippen LogP contribution >= 0.6 is 0 Å². The van der Waals surface area contributed by atoms with E-state index in [0.29, 0.717) is 24.6 Å². The van der Waals surface area contributed by atoms with Crippen LogP contribution < -0.4 is 10.6 Å². The van der Waals surface area contributed by atoms with Crippen molar-refractivity contribution in [3.05, 3.63) is 18.0 Å². The third-order valence-electron chi connectivity index (χ3n) is 5.36. The fourth-order valence-electron chi connectivity index (χ4n) is 3.73. The lowest BCUT2D eigenvalue weighted by Gasteiger charge is -2.18. The Kier molecular flexibility index (Phi) is 6.52. The Labute approximate surface area is 156 Å². The van der Waals surface area contributed by atoms with Gasteiger partial charge in [-0.25, -0.2) is 4.99 Å². The maximum absolute atomic E-state index is 11.9. The van der Waals surface area contributed by atoms with Crippen molar-refractivity contribution in [2.75, 3.05) is 20.6 Å². The first-order chi connectivity index (χ1) is 12.6. The molecule has 3 rings (SSSR count). The van der Waals surface area contributed by atoms with Gasteiger partial charge in [-0.1, -0.05) is 25.7 Å². The zero-order valence-corrected chi connectivity index (χ0v) is 16.1. The molecule has 2 N–H and O–H groups in total. The van der Waals surface area contributed by atoms with Gasteiger partial charge < -0.3 is 15.5 Å². The van der Waals surface area contributed by atoms with E-state index in [1.165, 1.54) is 51.4 Å². The van der Waals surface area contributed by atoms with Gasteiger partial charge in [0.1, 0.15) is 0 Å². The number of amides is 1. The van der Waals surface area contributed by atoms with E-state index in [9.17, 15) is 4.79 Å². The first kappa shape index (κ1) is 18.7. The van der Waals surface area contributed by atoms with Crippen LogP contribution in [-0.4, -0.2) is 53.2 Å². The molecule has 0 aromatic carbocycles. The summed E-state index contributed by atoms with van der Waals surface area (Å²) < 4.78 is 2.10. The minimum Gasteiger partial charge on any atom is -0.354 e. The Hall–Kier alpha value is -2.05. The number of nitrogens with zero attached hydrogens (tertiary/aromatic N) is 4. The Morgan fingerprint density at radius 3 is 2.62 bits per heavy atom. The van der Waals surface area contributed by atoms with E-state index in [4.69, 9.17) is 5.10 Å². The summed E-state index contributed by atoms with van der Waals surface area (Å²) in [6.45, 7) is 0.778. The van der Waals surface area contributed by atoms with Crippen LogP contribution in [0.4, 0.5) is 0 Å². The number of aromatic nitrogens is 2. The smallest absolute Gasteiger partial charge is 0.241 e. The lowest BCUT2D eigenvalue weighted by molar-refractivity contribution is -0.127. The topological polar surface area (TPSA) is 74.5 Å². The number of carbonyl (C=O) groups is 1. The maximum atomic E-state index is 11.9. The molecule has 0 aliphatic heterocycles. The van der Waals surface area contributed by atoms with Gasteiger partial charge in [0.05, 0.1) is 24.8 Å². The SMILES string of the molecule is CN(C)C(=O)CNC(=NCc1ccn(C2CCCC2)n1)NC1CCCC1. The van der Waals surface area contributed by atoms with Crippen LogP contribution in [0.2, 0.25) is 0 Å². The molecule has 2 fully saturated rings. The maximum Gasteiger partial charge on any atom is 0.241 e. The Balaban J connectivity index is 1.59. The van der Waals surface area contributed by atoms with Gasteiger partial charge in [0.2, 0.25) is 5.91 Å². The van der Waals surface area contributed by atoms with Gasteiger partial charge >= 0.3 is 0 Å². The zero-order valence-electron chi connectivity index (χ0n) is 16.1. The van der Waals surface area contributed by atoms with E-state index in [0.717, 1.165) is 5.69 Å². The largest absolute Gasteiger partial charge is 0.354 e. The number of carbonyl (C=O) groups excluding carboxylic acids is 1. The van der Waals surface area contributed by atoms with Crippen LogP contribution in [0.1, 0.15) is 63.1 Å². The van der Waals surface area contributed by atoms with Crippen LogP contribution in [0.15, 0.2) is 17.3 Å². The predicted molar refractivity (Wildman–Crippen MR) is 103 cm³/mol. The highest BCUT2D eigenvalue weighted by Crippen LogP contribution is 2.28. The standard InChI is InChI=1S/C19H32N6O/c1-24(2)18(26)14-21-19(22-15-7-3-4-8-15)20-13-16-11-12-25(23-16)17-9-5-6-10-17/h11-12,15,17H,3-10,13-14H2,1-2H3,(H2,20,21,22). The van der Waals surface area contributed by atoms with Gasteiger partial charge in [0.15, 0.2) is 5.96 Å². The predicted octanol–water partition coefficient (Wildman–Crippen LogP) is 2.06. The summed E-state index contributed by atoms with van der Waals surface area (Å²) >= 11 is 0. The summed E-state index contributed by atoms with van der Waals surface area (Å²) in [5, 5.41) is 11.3. The van der Waals surface area contributed by atoms with Crippen LogP contribution in [-0.2, 0) is 11.3 Å².